The molecule has 2 rings (SSSR count). The molecule has 1 aliphatic carbocycles. The number of nitrogens with two attached hydrogens (primary N) is 1. The Bertz CT molecular complexity index is 578. The molecule has 0 aliphatic heterocycles. The molecule has 0 spiro atoms. The number of hydrogen-bond acceptors (Lipinski definition) is 2. The zero-order valence-corrected chi connectivity index (χ0v) is 12.4. The van der Waals surface area contributed by atoms with Crippen molar-refractivity contribution in [2.45, 2.75) is 27.2 Å². The van der Waals surface area contributed by atoms with E-state index in [0.29, 0.717) is 23.4 Å². The van der Waals surface area contributed by atoms with Crippen molar-refractivity contribution in [2.75, 3.05) is 13.1 Å². The molecule has 3 N–H and O–H groups in total. The van der Waals surface area contributed by atoms with E-state index in [1.807, 2.05) is 25.1 Å². The Balaban J connectivity index is 2.06. The zero-order chi connectivity index (χ0) is 14.8. The van der Waals surface area contributed by atoms with Crippen LogP contribution in [0.5, 0.6) is 0 Å². The maximum Gasteiger partial charge on any atom is 0.251 e. The van der Waals surface area contributed by atoms with Gasteiger partial charge < -0.3 is 11.1 Å². The Hall–Kier alpha value is -1.79. The summed E-state index contributed by atoms with van der Waals surface area (Å²) in [4.78, 5) is 12.3. The van der Waals surface area contributed by atoms with E-state index in [1.54, 1.807) is 0 Å². The van der Waals surface area contributed by atoms with Crippen molar-refractivity contribution in [3.05, 3.63) is 34.9 Å². The van der Waals surface area contributed by atoms with Gasteiger partial charge in [-0.05, 0) is 42.4 Å². The zero-order valence-electron chi connectivity index (χ0n) is 12.4. The number of carbonyl (C=O) groups is 1. The average Bonchev–Trinajstić information content (AvgIpc) is 3.02. The molecule has 1 fully saturated rings. The first-order valence-electron chi connectivity index (χ1n) is 7.02. The fourth-order valence-corrected chi connectivity index (χ4v) is 2.40. The van der Waals surface area contributed by atoms with E-state index in [1.165, 1.54) is 6.42 Å². The number of hydrogen-bond donors (Lipinski definition) is 2. The van der Waals surface area contributed by atoms with E-state index in [4.69, 9.17) is 5.73 Å². The van der Waals surface area contributed by atoms with E-state index < -0.39 is 0 Å². The molecule has 1 aliphatic rings. The van der Waals surface area contributed by atoms with Gasteiger partial charge >= 0.3 is 0 Å². The Labute approximate surface area is 120 Å². The van der Waals surface area contributed by atoms with Crippen LogP contribution in [0.15, 0.2) is 18.2 Å². The number of nitrogens with one attached hydrogen (secondary N) is 1. The summed E-state index contributed by atoms with van der Waals surface area (Å²) in [7, 11) is 0. The summed E-state index contributed by atoms with van der Waals surface area (Å²) in [6.45, 7) is 7.48. The highest BCUT2D eigenvalue weighted by atomic mass is 16.1. The van der Waals surface area contributed by atoms with Crippen LogP contribution in [0, 0.1) is 30.1 Å². The lowest BCUT2D eigenvalue weighted by molar-refractivity contribution is 0.0950. The summed E-state index contributed by atoms with van der Waals surface area (Å²) in [5.74, 6) is 6.42. The Morgan fingerprint density at radius 3 is 2.80 bits per heavy atom. The monoisotopic (exact) mass is 270 g/mol. The minimum absolute atomic E-state index is 0.0124. The normalized spacial score (nSPS) is 18.9. The second-order valence-electron chi connectivity index (χ2n) is 6.08. The third kappa shape index (κ3) is 3.20. The topological polar surface area (TPSA) is 55.1 Å². The fraction of sp³-hybridized carbons (Fsp3) is 0.471. The summed E-state index contributed by atoms with van der Waals surface area (Å²) >= 11 is 0. The molecule has 0 saturated heterocycles. The van der Waals surface area contributed by atoms with Gasteiger partial charge in [-0.3, -0.25) is 4.79 Å². The molecule has 3 nitrogen and oxygen atoms in total. The van der Waals surface area contributed by atoms with Crippen molar-refractivity contribution < 1.29 is 4.79 Å². The molecule has 1 aromatic rings. The van der Waals surface area contributed by atoms with Crippen LogP contribution in [-0.4, -0.2) is 19.0 Å². The highest BCUT2D eigenvalue weighted by Gasteiger charge is 2.45. The third-order valence-electron chi connectivity index (χ3n) is 4.13. The number of carbonyl (C=O) groups excluding carboxylic acids is 1. The van der Waals surface area contributed by atoms with Crippen molar-refractivity contribution >= 4 is 5.91 Å². The molecule has 3 heteroatoms. The highest BCUT2D eigenvalue weighted by molar-refractivity contribution is 5.96. The molecule has 1 atom stereocenters. The second kappa shape index (κ2) is 5.68. The molecule has 1 amide bonds. The first-order valence-corrected chi connectivity index (χ1v) is 7.02. The molecule has 0 aromatic heterocycles. The van der Waals surface area contributed by atoms with E-state index in [2.05, 4.69) is 31.0 Å². The summed E-state index contributed by atoms with van der Waals surface area (Å²) < 4.78 is 0. The van der Waals surface area contributed by atoms with E-state index >= 15 is 0 Å². The minimum Gasteiger partial charge on any atom is -0.352 e. The van der Waals surface area contributed by atoms with Gasteiger partial charge in [0.05, 0.1) is 6.54 Å². The third-order valence-corrected chi connectivity index (χ3v) is 4.13. The first kappa shape index (κ1) is 14.6. The lowest BCUT2D eigenvalue weighted by atomic mass is 10.0. The quantitative estimate of drug-likeness (QED) is 0.826. The average molecular weight is 270 g/mol. The van der Waals surface area contributed by atoms with Crippen molar-refractivity contribution in [3.63, 3.8) is 0 Å². The smallest absolute Gasteiger partial charge is 0.251 e. The van der Waals surface area contributed by atoms with Crippen LogP contribution in [0.4, 0.5) is 0 Å². The van der Waals surface area contributed by atoms with Crippen LogP contribution in [0.25, 0.3) is 0 Å². The highest BCUT2D eigenvalue weighted by Crippen LogP contribution is 2.50. The maximum absolute atomic E-state index is 12.3. The number of benzene rings is 1. The molecule has 0 bridgehead atoms. The van der Waals surface area contributed by atoms with Gasteiger partial charge in [0.25, 0.3) is 5.91 Å². The SMILES string of the molecule is Cc1c(C#CCN)cccc1C(=O)NCC1CC1(C)C. The standard InChI is InChI=1S/C17H22N2O/c1-12-13(7-5-9-18)6-4-8-15(12)16(20)19-11-14-10-17(14,2)3/h4,6,8,14H,9-11,18H2,1-3H3,(H,19,20). The molecule has 1 saturated carbocycles. The Morgan fingerprint density at radius 2 is 2.20 bits per heavy atom. The van der Waals surface area contributed by atoms with Gasteiger partial charge in [0.15, 0.2) is 0 Å². The van der Waals surface area contributed by atoms with Gasteiger partial charge in [0.1, 0.15) is 0 Å². The second-order valence-corrected chi connectivity index (χ2v) is 6.08. The van der Waals surface area contributed by atoms with Gasteiger partial charge in [-0.25, -0.2) is 0 Å². The van der Waals surface area contributed by atoms with E-state index in [9.17, 15) is 4.79 Å². The molecule has 106 valence electrons. The van der Waals surface area contributed by atoms with Crippen molar-refractivity contribution in [3.8, 4) is 11.8 Å². The van der Waals surface area contributed by atoms with Crippen LogP contribution >= 0.6 is 0 Å². The van der Waals surface area contributed by atoms with Crippen LogP contribution in [0.1, 0.15) is 41.8 Å². The van der Waals surface area contributed by atoms with Crippen LogP contribution < -0.4 is 11.1 Å². The largest absolute Gasteiger partial charge is 0.352 e. The maximum atomic E-state index is 12.3. The first-order chi connectivity index (χ1) is 9.45. The lowest BCUT2D eigenvalue weighted by Crippen LogP contribution is -2.27. The summed E-state index contributed by atoms with van der Waals surface area (Å²) in [6, 6.07) is 5.62. The van der Waals surface area contributed by atoms with Gasteiger partial charge in [0, 0.05) is 17.7 Å². The van der Waals surface area contributed by atoms with Crippen LogP contribution in [-0.2, 0) is 0 Å². The number of amides is 1. The molecule has 20 heavy (non-hydrogen) atoms. The van der Waals surface area contributed by atoms with E-state index in [-0.39, 0.29) is 5.91 Å². The van der Waals surface area contributed by atoms with Gasteiger partial charge in [-0.15, -0.1) is 0 Å². The van der Waals surface area contributed by atoms with Crippen LogP contribution in [0.3, 0.4) is 0 Å². The predicted octanol–water partition coefficient (Wildman–Crippen LogP) is 2.08. The van der Waals surface area contributed by atoms with Gasteiger partial charge in [-0.1, -0.05) is 31.8 Å². The molecule has 0 radical (unpaired) electrons. The fourth-order valence-electron chi connectivity index (χ4n) is 2.40. The summed E-state index contributed by atoms with van der Waals surface area (Å²) in [6.07, 6.45) is 1.19. The van der Waals surface area contributed by atoms with E-state index in [0.717, 1.165) is 17.7 Å². The van der Waals surface area contributed by atoms with Crippen molar-refractivity contribution in [1.82, 2.24) is 5.32 Å². The molecule has 0 heterocycles. The summed E-state index contributed by atoms with van der Waals surface area (Å²) in [5.41, 5.74) is 8.26. The van der Waals surface area contributed by atoms with Crippen molar-refractivity contribution in [2.24, 2.45) is 17.1 Å². The Morgan fingerprint density at radius 1 is 1.50 bits per heavy atom. The molecular weight excluding hydrogens is 248 g/mol. The van der Waals surface area contributed by atoms with Crippen LogP contribution in [0.2, 0.25) is 0 Å². The van der Waals surface area contributed by atoms with Gasteiger partial charge in [-0.2, -0.15) is 0 Å². The van der Waals surface area contributed by atoms with Crippen molar-refractivity contribution in [1.29, 1.82) is 0 Å². The number of rotatable bonds is 3. The van der Waals surface area contributed by atoms with Gasteiger partial charge in [0.2, 0.25) is 0 Å². The molecular formula is C17H22N2O. The summed E-state index contributed by atoms with van der Waals surface area (Å²) in [5, 5.41) is 3.03. The lowest BCUT2D eigenvalue weighted by Gasteiger charge is -2.09. The molecule has 1 aromatic carbocycles. The predicted molar refractivity (Wildman–Crippen MR) is 81.3 cm³/mol. The minimum atomic E-state index is -0.0124. The Kier molecular flexibility index (Phi) is 4.15. The molecule has 1 unspecified atom stereocenters.